The van der Waals surface area contributed by atoms with E-state index >= 15 is 0 Å². The number of thioether (sulfide) groups is 1. The number of benzene rings is 1. The molecule has 0 bridgehead atoms. The second-order valence-corrected chi connectivity index (χ2v) is 8.68. The van der Waals surface area contributed by atoms with Crippen LogP contribution in [0, 0.1) is 0 Å². The highest BCUT2D eigenvalue weighted by Crippen LogP contribution is 2.50. The summed E-state index contributed by atoms with van der Waals surface area (Å²) in [5.41, 5.74) is 0. The molecule has 2 fully saturated rings. The number of β-lactam (4-membered cyclic amide) rings is 1. The van der Waals surface area contributed by atoms with Gasteiger partial charge in [-0.15, -0.1) is 11.8 Å². The first kappa shape index (κ1) is 18.6. The van der Waals surface area contributed by atoms with Crippen LogP contribution in [0.4, 0.5) is 0 Å². The molecule has 2 amide bonds. The van der Waals surface area contributed by atoms with Gasteiger partial charge in [0.1, 0.15) is 23.2 Å². The van der Waals surface area contributed by atoms with Crippen LogP contribution in [0.5, 0.6) is 5.75 Å². The van der Waals surface area contributed by atoms with Gasteiger partial charge in [-0.25, -0.2) is 4.79 Å². The average Bonchev–Trinajstić information content (AvgIpc) is 2.86. The number of fused-ring (bicyclic) bond motifs is 1. The Kier molecular flexibility index (Phi) is 4.88. The van der Waals surface area contributed by atoms with E-state index in [4.69, 9.17) is 4.74 Å². The van der Waals surface area contributed by atoms with Crippen molar-refractivity contribution in [1.29, 1.82) is 0 Å². The fraction of sp³-hybridized carbons (Fsp3) is 0.500. The first-order valence-electron chi connectivity index (χ1n) is 8.51. The largest absolute Gasteiger partial charge is 0.481 e. The van der Waals surface area contributed by atoms with Crippen LogP contribution in [-0.4, -0.2) is 56.1 Å². The number of hydrogen-bond donors (Lipinski definition) is 2. The number of carboxylic acid groups (broad SMARTS) is 1. The molecule has 2 saturated heterocycles. The number of rotatable bonds is 6. The van der Waals surface area contributed by atoms with Gasteiger partial charge in [0.2, 0.25) is 5.91 Å². The van der Waals surface area contributed by atoms with Gasteiger partial charge in [0.05, 0.1) is 0 Å². The molecular formula is C18H22N2O5S. The third-order valence-electron chi connectivity index (χ3n) is 4.66. The molecule has 1 aromatic carbocycles. The van der Waals surface area contributed by atoms with Crippen LogP contribution in [0.1, 0.15) is 27.2 Å². The predicted octanol–water partition coefficient (Wildman–Crippen LogP) is 1.48. The van der Waals surface area contributed by atoms with Gasteiger partial charge in [-0.05, 0) is 32.4 Å². The number of nitrogens with zero attached hydrogens (tertiary/aromatic N) is 1. The molecule has 3 rings (SSSR count). The molecule has 0 unspecified atom stereocenters. The van der Waals surface area contributed by atoms with Gasteiger partial charge in [0.25, 0.3) is 5.91 Å². The van der Waals surface area contributed by atoms with Gasteiger partial charge in [-0.2, -0.15) is 0 Å². The van der Waals surface area contributed by atoms with Crippen LogP contribution in [-0.2, 0) is 14.4 Å². The molecule has 26 heavy (non-hydrogen) atoms. The minimum Gasteiger partial charge on any atom is -0.481 e. The zero-order valence-corrected chi connectivity index (χ0v) is 15.7. The molecule has 0 aromatic heterocycles. The molecule has 8 heteroatoms. The van der Waals surface area contributed by atoms with Gasteiger partial charge in [-0.3, -0.25) is 9.59 Å². The Morgan fingerprint density at radius 1 is 1.35 bits per heavy atom. The van der Waals surface area contributed by atoms with Crippen LogP contribution < -0.4 is 10.1 Å². The van der Waals surface area contributed by atoms with E-state index in [0.717, 1.165) is 0 Å². The van der Waals surface area contributed by atoms with Crippen molar-refractivity contribution < 1.29 is 24.2 Å². The summed E-state index contributed by atoms with van der Waals surface area (Å²) in [6.07, 6.45) is -0.263. The smallest absolute Gasteiger partial charge is 0.327 e. The molecule has 0 saturated carbocycles. The van der Waals surface area contributed by atoms with E-state index in [0.29, 0.717) is 12.2 Å². The number of hydrogen-bond acceptors (Lipinski definition) is 5. The Bertz CT molecular complexity index is 724. The number of nitrogens with one attached hydrogen (secondary N) is 1. The van der Waals surface area contributed by atoms with E-state index < -0.39 is 28.9 Å². The van der Waals surface area contributed by atoms with Gasteiger partial charge >= 0.3 is 5.97 Å². The maximum Gasteiger partial charge on any atom is 0.327 e. The molecule has 0 spiro atoms. The highest BCUT2D eigenvalue weighted by Gasteiger charge is 2.64. The number of para-hydroxylation sites is 1. The summed E-state index contributed by atoms with van der Waals surface area (Å²) in [6.45, 7) is 5.43. The van der Waals surface area contributed by atoms with E-state index in [2.05, 4.69) is 5.32 Å². The maximum atomic E-state index is 12.6. The zero-order chi connectivity index (χ0) is 19.1. The lowest BCUT2D eigenvalue weighted by atomic mass is 9.96. The van der Waals surface area contributed by atoms with Crippen LogP contribution in [0.15, 0.2) is 30.3 Å². The topological polar surface area (TPSA) is 95.9 Å². The molecule has 4 atom stereocenters. The Labute approximate surface area is 156 Å². The van der Waals surface area contributed by atoms with Gasteiger partial charge in [-0.1, -0.05) is 25.1 Å². The average molecular weight is 378 g/mol. The molecule has 2 heterocycles. The van der Waals surface area contributed by atoms with Crippen LogP contribution in [0.3, 0.4) is 0 Å². The fourth-order valence-corrected chi connectivity index (χ4v) is 5.00. The van der Waals surface area contributed by atoms with Crippen molar-refractivity contribution in [3.05, 3.63) is 30.3 Å². The van der Waals surface area contributed by atoms with Gasteiger partial charge in [0.15, 0.2) is 6.10 Å². The molecule has 7 nitrogen and oxygen atoms in total. The summed E-state index contributed by atoms with van der Waals surface area (Å²) in [7, 11) is 0. The summed E-state index contributed by atoms with van der Waals surface area (Å²) in [6, 6.07) is 7.41. The lowest BCUT2D eigenvalue weighted by molar-refractivity contribution is -0.161. The Hall–Kier alpha value is -2.22. The minimum absolute atomic E-state index is 0.358. The standard InChI is InChI=1S/C18H22N2O5S/c1-4-11(25-10-8-6-5-7-9-10)14(21)19-12-15(22)20-13(17(23)24)18(2,3)26-16(12)20/h5-9,11-13,16H,4H2,1-3H3,(H,19,21)(H,23,24)/t11-,12+,13+,16-/m0/s1. The molecule has 0 radical (unpaired) electrons. The molecule has 1 aromatic rings. The van der Waals surface area contributed by atoms with Crippen molar-refractivity contribution in [1.82, 2.24) is 10.2 Å². The monoisotopic (exact) mass is 378 g/mol. The van der Waals surface area contributed by atoms with Gasteiger partial charge < -0.3 is 20.1 Å². The fourth-order valence-electron chi connectivity index (χ4n) is 3.38. The second kappa shape index (κ2) is 6.83. The van der Waals surface area contributed by atoms with Crippen LogP contribution in [0.25, 0.3) is 0 Å². The van der Waals surface area contributed by atoms with Crippen molar-refractivity contribution >= 4 is 29.5 Å². The van der Waals surface area contributed by atoms with Crippen LogP contribution in [0.2, 0.25) is 0 Å². The molecular weight excluding hydrogens is 356 g/mol. The normalized spacial score (nSPS) is 27.3. The SMILES string of the molecule is CC[C@H](Oc1ccccc1)C(=O)N[C@@H]1C(=O)N2[C@H]1SC(C)(C)[C@H]2C(=O)O. The number of carboxylic acids is 1. The summed E-state index contributed by atoms with van der Waals surface area (Å²) in [5, 5.41) is 11.8. The Balaban J connectivity index is 1.67. The summed E-state index contributed by atoms with van der Waals surface area (Å²) in [4.78, 5) is 37.9. The summed E-state index contributed by atoms with van der Waals surface area (Å²) in [5.74, 6) is -1.17. The second-order valence-electron chi connectivity index (χ2n) is 6.91. The van der Waals surface area contributed by atoms with Gasteiger partial charge in [0, 0.05) is 4.75 Å². The molecule has 2 aliphatic rings. The van der Waals surface area contributed by atoms with E-state index in [-0.39, 0.29) is 17.2 Å². The Morgan fingerprint density at radius 2 is 2.00 bits per heavy atom. The third-order valence-corrected chi connectivity index (χ3v) is 6.23. The quantitative estimate of drug-likeness (QED) is 0.728. The minimum atomic E-state index is -1.03. The lowest BCUT2D eigenvalue weighted by Gasteiger charge is -2.43. The maximum absolute atomic E-state index is 12.6. The van der Waals surface area contributed by atoms with E-state index in [1.54, 1.807) is 26.0 Å². The number of amides is 2. The van der Waals surface area contributed by atoms with E-state index in [1.165, 1.54) is 16.7 Å². The van der Waals surface area contributed by atoms with Crippen LogP contribution >= 0.6 is 11.8 Å². The number of aliphatic carboxylic acids is 1. The number of carbonyl (C=O) groups excluding carboxylic acids is 2. The zero-order valence-electron chi connectivity index (χ0n) is 14.8. The third kappa shape index (κ3) is 3.13. The Morgan fingerprint density at radius 3 is 2.58 bits per heavy atom. The first-order chi connectivity index (χ1) is 12.3. The number of carbonyl (C=O) groups is 3. The van der Waals surface area contributed by atoms with Crippen molar-refractivity contribution in [2.45, 2.75) is 55.5 Å². The van der Waals surface area contributed by atoms with E-state index in [9.17, 15) is 19.5 Å². The summed E-state index contributed by atoms with van der Waals surface area (Å²) >= 11 is 1.40. The van der Waals surface area contributed by atoms with Crippen molar-refractivity contribution in [2.75, 3.05) is 0 Å². The number of ether oxygens (including phenoxy) is 1. The van der Waals surface area contributed by atoms with Crippen molar-refractivity contribution in [3.8, 4) is 5.75 Å². The molecule has 2 aliphatic heterocycles. The van der Waals surface area contributed by atoms with Crippen molar-refractivity contribution in [2.24, 2.45) is 0 Å². The lowest BCUT2D eigenvalue weighted by Crippen LogP contribution is -2.71. The highest BCUT2D eigenvalue weighted by atomic mass is 32.2. The highest BCUT2D eigenvalue weighted by molar-refractivity contribution is 8.01. The first-order valence-corrected chi connectivity index (χ1v) is 9.39. The van der Waals surface area contributed by atoms with E-state index in [1.807, 2.05) is 25.1 Å². The molecule has 2 N–H and O–H groups in total. The van der Waals surface area contributed by atoms with Crippen molar-refractivity contribution in [3.63, 3.8) is 0 Å². The predicted molar refractivity (Wildman–Crippen MR) is 96.8 cm³/mol. The molecule has 140 valence electrons. The molecule has 0 aliphatic carbocycles. The summed E-state index contributed by atoms with van der Waals surface area (Å²) < 4.78 is 5.09.